The van der Waals surface area contributed by atoms with Gasteiger partial charge in [0, 0.05) is 36.2 Å². The minimum absolute atomic E-state index is 0.0271. The molecule has 0 saturated carbocycles. The van der Waals surface area contributed by atoms with Gasteiger partial charge in [-0.25, -0.2) is 0 Å². The first-order chi connectivity index (χ1) is 13.0. The SMILES string of the molecule is COc1ccc(C(=O)N2CCN(C(=O)c3ccccc3Br)CC2)cc1OC. The van der Waals surface area contributed by atoms with E-state index in [0.717, 1.165) is 4.47 Å². The van der Waals surface area contributed by atoms with Crippen molar-refractivity contribution in [2.24, 2.45) is 0 Å². The van der Waals surface area contributed by atoms with Gasteiger partial charge in [-0.2, -0.15) is 0 Å². The van der Waals surface area contributed by atoms with Crippen LogP contribution >= 0.6 is 15.9 Å². The lowest BCUT2D eigenvalue weighted by Gasteiger charge is -2.35. The number of carbonyl (C=O) groups is 2. The van der Waals surface area contributed by atoms with Gasteiger partial charge < -0.3 is 19.3 Å². The summed E-state index contributed by atoms with van der Waals surface area (Å²) in [4.78, 5) is 29.0. The van der Waals surface area contributed by atoms with Crippen molar-refractivity contribution in [1.82, 2.24) is 9.80 Å². The topological polar surface area (TPSA) is 59.1 Å². The highest BCUT2D eigenvalue weighted by Crippen LogP contribution is 2.28. The highest BCUT2D eigenvalue weighted by molar-refractivity contribution is 9.10. The number of hydrogen-bond acceptors (Lipinski definition) is 4. The molecule has 0 unspecified atom stereocenters. The van der Waals surface area contributed by atoms with Gasteiger partial charge in [0.25, 0.3) is 11.8 Å². The zero-order chi connectivity index (χ0) is 19.4. The average molecular weight is 433 g/mol. The maximum atomic E-state index is 12.8. The van der Waals surface area contributed by atoms with Crippen LogP contribution in [-0.4, -0.2) is 62.0 Å². The highest BCUT2D eigenvalue weighted by Gasteiger charge is 2.26. The first kappa shape index (κ1) is 19.2. The van der Waals surface area contributed by atoms with E-state index < -0.39 is 0 Å². The molecule has 0 spiro atoms. The average Bonchev–Trinajstić information content (AvgIpc) is 2.72. The number of nitrogens with zero attached hydrogens (tertiary/aromatic N) is 2. The zero-order valence-corrected chi connectivity index (χ0v) is 16.9. The van der Waals surface area contributed by atoms with Crippen LogP contribution in [-0.2, 0) is 0 Å². The molecule has 0 N–H and O–H groups in total. The van der Waals surface area contributed by atoms with Crippen LogP contribution in [0.1, 0.15) is 20.7 Å². The Morgan fingerprint density at radius 3 is 2.04 bits per heavy atom. The zero-order valence-electron chi connectivity index (χ0n) is 15.3. The summed E-state index contributed by atoms with van der Waals surface area (Å²) in [5, 5.41) is 0. The Balaban J connectivity index is 1.66. The van der Waals surface area contributed by atoms with E-state index in [4.69, 9.17) is 9.47 Å². The molecule has 27 heavy (non-hydrogen) atoms. The number of methoxy groups -OCH3 is 2. The summed E-state index contributed by atoms with van der Waals surface area (Å²) in [7, 11) is 3.10. The van der Waals surface area contributed by atoms with Crippen LogP contribution in [0.3, 0.4) is 0 Å². The molecule has 1 aliphatic rings. The van der Waals surface area contributed by atoms with Crippen molar-refractivity contribution >= 4 is 27.7 Å². The predicted molar refractivity (Wildman–Crippen MR) is 105 cm³/mol. The molecule has 2 aromatic rings. The van der Waals surface area contributed by atoms with Crippen LogP contribution in [0.5, 0.6) is 11.5 Å². The number of benzene rings is 2. The molecule has 7 heteroatoms. The third-order valence-electron chi connectivity index (χ3n) is 4.59. The molecular weight excluding hydrogens is 412 g/mol. The maximum absolute atomic E-state index is 12.8. The quantitative estimate of drug-likeness (QED) is 0.744. The third kappa shape index (κ3) is 4.08. The summed E-state index contributed by atoms with van der Waals surface area (Å²) in [5.74, 6) is 0.994. The van der Waals surface area contributed by atoms with Gasteiger partial charge in [0.2, 0.25) is 0 Å². The van der Waals surface area contributed by atoms with Crippen molar-refractivity contribution in [2.75, 3.05) is 40.4 Å². The molecular formula is C20H21BrN2O4. The molecule has 0 bridgehead atoms. The first-order valence-electron chi connectivity index (χ1n) is 8.60. The number of halogens is 1. The lowest BCUT2D eigenvalue weighted by Crippen LogP contribution is -2.50. The molecule has 6 nitrogen and oxygen atoms in total. The number of amides is 2. The lowest BCUT2D eigenvalue weighted by atomic mass is 10.1. The van der Waals surface area contributed by atoms with Crippen molar-refractivity contribution in [1.29, 1.82) is 0 Å². The largest absolute Gasteiger partial charge is 0.493 e. The summed E-state index contributed by atoms with van der Waals surface area (Å²) in [6.45, 7) is 1.98. The Labute approximate surface area is 166 Å². The van der Waals surface area contributed by atoms with Crippen LogP contribution in [0.2, 0.25) is 0 Å². The Hall–Kier alpha value is -2.54. The Morgan fingerprint density at radius 1 is 0.852 bits per heavy atom. The van der Waals surface area contributed by atoms with E-state index in [-0.39, 0.29) is 11.8 Å². The minimum Gasteiger partial charge on any atom is -0.493 e. The van der Waals surface area contributed by atoms with Crippen LogP contribution in [0, 0.1) is 0 Å². The van der Waals surface area contributed by atoms with Crippen LogP contribution < -0.4 is 9.47 Å². The molecule has 0 aliphatic carbocycles. The molecule has 1 fully saturated rings. The molecule has 1 saturated heterocycles. The van der Waals surface area contributed by atoms with Gasteiger partial charge in [-0.15, -0.1) is 0 Å². The third-order valence-corrected chi connectivity index (χ3v) is 5.28. The van der Waals surface area contributed by atoms with Gasteiger partial charge in [-0.1, -0.05) is 12.1 Å². The Morgan fingerprint density at radius 2 is 1.44 bits per heavy atom. The second kappa shape index (κ2) is 8.43. The number of piperazine rings is 1. The number of rotatable bonds is 4. The van der Waals surface area contributed by atoms with Crippen LogP contribution in [0.15, 0.2) is 46.9 Å². The van der Waals surface area contributed by atoms with E-state index in [1.807, 2.05) is 18.2 Å². The summed E-state index contributed by atoms with van der Waals surface area (Å²) in [5.41, 5.74) is 1.18. The summed E-state index contributed by atoms with van der Waals surface area (Å²) >= 11 is 3.42. The van der Waals surface area contributed by atoms with Gasteiger partial charge in [-0.3, -0.25) is 9.59 Å². The van der Waals surface area contributed by atoms with Gasteiger partial charge in [0.05, 0.1) is 19.8 Å². The van der Waals surface area contributed by atoms with Crippen molar-refractivity contribution in [2.45, 2.75) is 0 Å². The second-order valence-electron chi connectivity index (χ2n) is 6.13. The maximum Gasteiger partial charge on any atom is 0.255 e. The molecule has 1 heterocycles. The fourth-order valence-electron chi connectivity index (χ4n) is 3.07. The van der Waals surface area contributed by atoms with Crippen LogP contribution in [0.4, 0.5) is 0 Å². The molecule has 2 aromatic carbocycles. The molecule has 0 radical (unpaired) electrons. The van der Waals surface area contributed by atoms with E-state index in [9.17, 15) is 9.59 Å². The van der Waals surface area contributed by atoms with Crippen molar-refractivity contribution in [3.05, 3.63) is 58.1 Å². The summed E-state index contributed by atoms with van der Waals surface area (Å²) < 4.78 is 11.3. The fourth-order valence-corrected chi connectivity index (χ4v) is 3.52. The number of hydrogen-bond donors (Lipinski definition) is 0. The fraction of sp³-hybridized carbons (Fsp3) is 0.300. The van der Waals surface area contributed by atoms with Gasteiger partial charge in [0.15, 0.2) is 11.5 Å². The standard InChI is InChI=1S/C20H21BrN2O4/c1-26-17-8-7-14(13-18(17)27-2)19(24)22-9-11-23(12-10-22)20(25)15-5-3-4-6-16(15)21/h3-8,13H,9-12H2,1-2H3. The smallest absolute Gasteiger partial charge is 0.255 e. The normalized spacial score (nSPS) is 14.0. The predicted octanol–water partition coefficient (Wildman–Crippen LogP) is 3.06. The van der Waals surface area contributed by atoms with Gasteiger partial charge >= 0.3 is 0 Å². The van der Waals surface area contributed by atoms with Gasteiger partial charge in [-0.05, 0) is 46.3 Å². The van der Waals surface area contributed by atoms with Crippen molar-refractivity contribution in [3.8, 4) is 11.5 Å². The van der Waals surface area contributed by atoms with E-state index in [0.29, 0.717) is 48.8 Å². The van der Waals surface area contributed by atoms with Crippen molar-refractivity contribution < 1.29 is 19.1 Å². The Bertz CT molecular complexity index is 848. The van der Waals surface area contributed by atoms with Crippen molar-refractivity contribution in [3.63, 3.8) is 0 Å². The van der Waals surface area contributed by atoms with Gasteiger partial charge in [0.1, 0.15) is 0 Å². The molecule has 1 aliphatic heterocycles. The molecule has 2 amide bonds. The Kier molecular flexibility index (Phi) is 6.01. The van der Waals surface area contributed by atoms with E-state index in [1.54, 1.807) is 41.2 Å². The van der Waals surface area contributed by atoms with E-state index >= 15 is 0 Å². The monoisotopic (exact) mass is 432 g/mol. The summed E-state index contributed by atoms with van der Waals surface area (Å²) in [6.07, 6.45) is 0. The van der Waals surface area contributed by atoms with E-state index in [1.165, 1.54) is 7.11 Å². The minimum atomic E-state index is -0.0797. The lowest BCUT2D eigenvalue weighted by molar-refractivity contribution is 0.0535. The summed E-state index contributed by atoms with van der Waals surface area (Å²) in [6, 6.07) is 12.5. The van der Waals surface area contributed by atoms with Crippen LogP contribution in [0.25, 0.3) is 0 Å². The first-order valence-corrected chi connectivity index (χ1v) is 9.39. The number of ether oxygens (including phenoxy) is 2. The second-order valence-corrected chi connectivity index (χ2v) is 6.99. The highest BCUT2D eigenvalue weighted by atomic mass is 79.9. The molecule has 0 atom stereocenters. The number of carbonyl (C=O) groups excluding carboxylic acids is 2. The molecule has 0 aromatic heterocycles. The molecule has 142 valence electrons. The molecule has 3 rings (SSSR count). The van der Waals surface area contributed by atoms with E-state index in [2.05, 4.69) is 15.9 Å².